The molecule has 1 rings (SSSR count). The Bertz CT molecular complexity index is 118. The highest BCUT2D eigenvalue weighted by molar-refractivity contribution is 4.96. The molecule has 0 saturated carbocycles. The molecular weight excluding hydrogens is 134 g/mol. The quantitative estimate of drug-likeness (QED) is 0.520. The predicted octanol–water partition coefficient (Wildman–Crippen LogP) is 2.89. The molecule has 1 saturated heterocycles. The summed E-state index contributed by atoms with van der Waals surface area (Å²) >= 11 is 0. The second-order valence-corrected chi connectivity index (χ2v) is 3.09. The number of piperidine rings is 1. The van der Waals surface area contributed by atoms with Crippen molar-refractivity contribution in [2.75, 3.05) is 13.6 Å². The van der Waals surface area contributed by atoms with Crippen LogP contribution in [-0.2, 0) is 0 Å². The Morgan fingerprint density at radius 3 is 2.36 bits per heavy atom. The van der Waals surface area contributed by atoms with Gasteiger partial charge in [-0.1, -0.05) is 27.4 Å². The molecule has 1 aliphatic rings. The van der Waals surface area contributed by atoms with Crippen LogP contribution in [0.25, 0.3) is 0 Å². The molecule has 1 atom stereocenters. The van der Waals surface area contributed by atoms with Gasteiger partial charge in [-0.15, -0.1) is 0 Å². The predicted molar refractivity (Wildman–Crippen MR) is 51.5 cm³/mol. The van der Waals surface area contributed by atoms with Crippen molar-refractivity contribution in [3.63, 3.8) is 0 Å². The summed E-state index contributed by atoms with van der Waals surface area (Å²) in [7, 11) is 2.12. The number of hydrogen-bond acceptors (Lipinski definition) is 1. The van der Waals surface area contributed by atoms with Crippen LogP contribution in [0, 0.1) is 5.92 Å². The maximum Gasteiger partial charge on any atom is 0.0174 e. The first-order valence-electron chi connectivity index (χ1n) is 4.59. The summed E-state index contributed by atoms with van der Waals surface area (Å²) in [6, 6.07) is 0. The standard InChI is InChI=1S/C8H15N.C2H6/c1-7-4-5-9(3)8(2)6-7;1-2/h7H,2,4-6H2,1,3H3;1-2H3. The molecule has 1 aliphatic heterocycles. The van der Waals surface area contributed by atoms with E-state index >= 15 is 0 Å². The van der Waals surface area contributed by atoms with E-state index in [1.54, 1.807) is 0 Å². The Hall–Kier alpha value is -0.460. The van der Waals surface area contributed by atoms with Crippen molar-refractivity contribution < 1.29 is 0 Å². The van der Waals surface area contributed by atoms with Gasteiger partial charge in [0.25, 0.3) is 0 Å². The van der Waals surface area contributed by atoms with Crippen molar-refractivity contribution in [3.8, 4) is 0 Å². The van der Waals surface area contributed by atoms with Gasteiger partial charge in [-0.05, 0) is 18.8 Å². The molecule has 0 aromatic rings. The largest absolute Gasteiger partial charge is 0.378 e. The van der Waals surface area contributed by atoms with Crippen LogP contribution in [0.2, 0.25) is 0 Å². The third-order valence-corrected chi connectivity index (χ3v) is 2.08. The summed E-state index contributed by atoms with van der Waals surface area (Å²) in [6.07, 6.45) is 2.52. The zero-order valence-electron chi connectivity index (χ0n) is 8.35. The molecule has 1 fully saturated rings. The Balaban J connectivity index is 0.000000461. The topological polar surface area (TPSA) is 3.24 Å². The monoisotopic (exact) mass is 155 g/mol. The fourth-order valence-corrected chi connectivity index (χ4v) is 1.23. The van der Waals surface area contributed by atoms with Gasteiger partial charge in [0.2, 0.25) is 0 Å². The van der Waals surface area contributed by atoms with E-state index in [2.05, 4.69) is 25.5 Å². The van der Waals surface area contributed by atoms with Crippen LogP contribution < -0.4 is 0 Å². The molecule has 0 aromatic carbocycles. The minimum Gasteiger partial charge on any atom is -0.378 e. The summed E-state index contributed by atoms with van der Waals surface area (Å²) in [5.74, 6) is 0.855. The minimum absolute atomic E-state index is 0.855. The van der Waals surface area contributed by atoms with E-state index in [1.807, 2.05) is 13.8 Å². The van der Waals surface area contributed by atoms with Crippen molar-refractivity contribution in [2.45, 2.75) is 33.6 Å². The molecule has 0 spiro atoms. The third kappa shape index (κ3) is 3.45. The highest BCUT2D eigenvalue weighted by atomic mass is 15.1. The van der Waals surface area contributed by atoms with Gasteiger partial charge in [0.15, 0.2) is 0 Å². The fourth-order valence-electron chi connectivity index (χ4n) is 1.23. The molecule has 1 heteroatoms. The number of allylic oxidation sites excluding steroid dienone is 1. The van der Waals surface area contributed by atoms with Crippen LogP contribution in [-0.4, -0.2) is 18.5 Å². The van der Waals surface area contributed by atoms with E-state index < -0.39 is 0 Å². The van der Waals surface area contributed by atoms with Gasteiger partial charge >= 0.3 is 0 Å². The smallest absolute Gasteiger partial charge is 0.0174 e. The lowest BCUT2D eigenvalue weighted by molar-refractivity contribution is 0.292. The second kappa shape index (κ2) is 5.22. The Morgan fingerprint density at radius 2 is 2.00 bits per heavy atom. The van der Waals surface area contributed by atoms with Crippen LogP contribution in [0.4, 0.5) is 0 Å². The van der Waals surface area contributed by atoms with Crippen LogP contribution >= 0.6 is 0 Å². The summed E-state index contributed by atoms with van der Waals surface area (Å²) in [5, 5.41) is 0. The normalized spacial score (nSPS) is 24.2. The van der Waals surface area contributed by atoms with Gasteiger partial charge in [-0.25, -0.2) is 0 Å². The average molecular weight is 155 g/mol. The lowest BCUT2D eigenvalue weighted by atomic mass is 9.97. The van der Waals surface area contributed by atoms with Crippen LogP contribution in [0.1, 0.15) is 33.6 Å². The lowest BCUT2D eigenvalue weighted by Gasteiger charge is -2.30. The molecule has 1 heterocycles. The van der Waals surface area contributed by atoms with E-state index in [0.29, 0.717) is 0 Å². The highest BCUT2D eigenvalue weighted by Gasteiger charge is 2.14. The second-order valence-electron chi connectivity index (χ2n) is 3.09. The van der Waals surface area contributed by atoms with E-state index in [4.69, 9.17) is 0 Å². The van der Waals surface area contributed by atoms with Gasteiger partial charge in [0, 0.05) is 19.3 Å². The Kier molecular flexibility index (Phi) is 5.01. The maximum absolute atomic E-state index is 3.97. The summed E-state index contributed by atoms with van der Waals surface area (Å²) in [5.41, 5.74) is 1.30. The third-order valence-electron chi connectivity index (χ3n) is 2.08. The molecule has 0 radical (unpaired) electrons. The molecular formula is C10H21N. The Morgan fingerprint density at radius 1 is 1.45 bits per heavy atom. The average Bonchev–Trinajstić information content (AvgIpc) is 2.02. The maximum atomic E-state index is 3.97. The zero-order valence-corrected chi connectivity index (χ0v) is 8.35. The van der Waals surface area contributed by atoms with Crippen molar-refractivity contribution in [2.24, 2.45) is 5.92 Å². The highest BCUT2D eigenvalue weighted by Crippen LogP contribution is 2.21. The van der Waals surface area contributed by atoms with Crippen molar-refractivity contribution >= 4 is 0 Å². The molecule has 1 nitrogen and oxygen atoms in total. The first-order chi connectivity index (χ1) is 5.20. The van der Waals surface area contributed by atoms with Crippen molar-refractivity contribution in [1.29, 1.82) is 0 Å². The number of nitrogens with zero attached hydrogens (tertiary/aromatic N) is 1. The number of rotatable bonds is 0. The van der Waals surface area contributed by atoms with Gasteiger partial charge < -0.3 is 4.90 Å². The summed E-state index contributed by atoms with van der Waals surface area (Å²) in [4.78, 5) is 2.25. The molecule has 1 unspecified atom stereocenters. The first-order valence-corrected chi connectivity index (χ1v) is 4.59. The molecule has 0 N–H and O–H groups in total. The van der Waals surface area contributed by atoms with Crippen LogP contribution in [0.5, 0.6) is 0 Å². The van der Waals surface area contributed by atoms with E-state index in [0.717, 1.165) is 5.92 Å². The molecule has 11 heavy (non-hydrogen) atoms. The summed E-state index contributed by atoms with van der Waals surface area (Å²) in [6.45, 7) is 11.5. The van der Waals surface area contributed by atoms with E-state index in [1.165, 1.54) is 25.1 Å². The van der Waals surface area contributed by atoms with Gasteiger partial charge in [-0.3, -0.25) is 0 Å². The zero-order chi connectivity index (χ0) is 8.85. The molecule has 0 amide bonds. The van der Waals surface area contributed by atoms with Gasteiger partial charge in [-0.2, -0.15) is 0 Å². The molecule has 0 bridgehead atoms. The number of likely N-dealkylation sites (tertiary alicyclic amines) is 1. The van der Waals surface area contributed by atoms with Crippen molar-refractivity contribution in [1.82, 2.24) is 4.90 Å². The van der Waals surface area contributed by atoms with Gasteiger partial charge in [0.05, 0.1) is 0 Å². The SMILES string of the molecule is C=C1CC(C)CCN1C.CC. The van der Waals surface area contributed by atoms with Crippen LogP contribution in [0.15, 0.2) is 12.3 Å². The molecule has 0 aromatic heterocycles. The summed E-state index contributed by atoms with van der Waals surface area (Å²) < 4.78 is 0. The van der Waals surface area contributed by atoms with E-state index in [-0.39, 0.29) is 0 Å². The lowest BCUT2D eigenvalue weighted by Crippen LogP contribution is -2.26. The minimum atomic E-state index is 0.855. The number of hydrogen-bond donors (Lipinski definition) is 0. The van der Waals surface area contributed by atoms with Gasteiger partial charge in [0.1, 0.15) is 0 Å². The van der Waals surface area contributed by atoms with Crippen LogP contribution in [0.3, 0.4) is 0 Å². The molecule has 0 aliphatic carbocycles. The first kappa shape index (κ1) is 10.5. The van der Waals surface area contributed by atoms with E-state index in [9.17, 15) is 0 Å². The van der Waals surface area contributed by atoms with Crippen molar-refractivity contribution in [3.05, 3.63) is 12.3 Å². The Labute approximate surface area is 71.1 Å². The molecule has 66 valence electrons. The fraction of sp³-hybridized carbons (Fsp3) is 0.800.